The van der Waals surface area contributed by atoms with Crippen LogP contribution >= 0.6 is 0 Å². The van der Waals surface area contributed by atoms with Gasteiger partial charge in [0.05, 0.1) is 5.92 Å². The smallest absolute Gasteiger partial charge is 0.252 e. The summed E-state index contributed by atoms with van der Waals surface area (Å²) < 4.78 is 0. The lowest BCUT2D eigenvalue weighted by Gasteiger charge is -2.30. The highest BCUT2D eigenvalue weighted by Crippen LogP contribution is 2.36. The predicted molar refractivity (Wildman–Crippen MR) is 93.9 cm³/mol. The maximum atomic E-state index is 12.6. The molecular formula is C20H20N2O2. The number of amides is 1. The molecule has 4 nitrogen and oxygen atoms in total. The Morgan fingerprint density at radius 3 is 2.58 bits per heavy atom. The molecule has 1 aliphatic heterocycles. The number of nitrogens with zero attached hydrogens (tertiary/aromatic N) is 1. The van der Waals surface area contributed by atoms with Gasteiger partial charge in [-0.05, 0) is 23.6 Å². The number of carbonyl (C=O) groups excluding carboxylic acids is 1. The first-order valence-electron chi connectivity index (χ1n) is 8.24. The third-order valence-electron chi connectivity index (χ3n) is 4.96. The second-order valence-corrected chi connectivity index (χ2v) is 6.41. The summed E-state index contributed by atoms with van der Waals surface area (Å²) in [5.74, 6) is -0.614. The number of aliphatic hydroxyl groups is 1. The molecule has 0 aliphatic carbocycles. The summed E-state index contributed by atoms with van der Waals surface area (Å²) in [5, 5.41) is 12.0. The number of aliphatic hydroxyl groups excluding tert-OH is 1. The molecule has 3 aromatic rings. The molecule has 1 aromatic heterocycles. The number of rotatable bonds is 1. The van der Waals surface area contributed by atoms with E-state index in [1.165, 1.54) is 10.9 Å². The van der Waals surface area contributed by atoms with Gasteiger partial charge < -0.3 is 15.0 Å². The lowest BCUT2D eigenvalue weighted by Crippen LogP contribution is -2.43. The number of aromatic nitrogens is 1. The minimum absolute atomic E-state index is 0.229. The van der Waals surface area contributed by atoms with E-state index in [1.54, 1.807) is 11.9 Å². The summed E-state index contributed by atoms with van der Waals surface area (Å²) in [5.41, 5.74) is 4.14. The van der Waals surface area contributed by atoms with E-state index in [0.717, 1.165) is 23.2 Å². The van der Waals surface area contributed by atoms with E-state index in [9.17, 15) is 9.90 Å². The van der Waals surface area contributed by atoms with Gasteiger partial charge in [0.2, 0.25) is 0 Å². The summed E-state index contributed by atoms with van der Waals surface area (Å²) in [4.78, 5) is 17.7. The molecule has 4 heteroatoms. The number of hydrogen-bond donors (Lipinski definition) is 2. The monoisotopic (exact) mass is 320 g/mol. The van der Waals surface area contributed by atoms with Gasteiger partial charge in [-0.25, -0.2) is 0 Å². The molecule has 2 heterocycles. The van der Waals surface area contributed by atoms with Crippen molar-refractivity contribution in [2.75, 3.05) is 13.6 Å². The van der Waals surface area contributed by atoms with E-state index in [-0.39, 0.29) is 11.8 Å². The number of hydrogen-bond acceptors (Lipinski definition) is 2. The number of para-hydroxylation sites is 1. The fourth-order valence-electron chi connectivity index (χ4n) is 3.68. The number of H-pyrrole nitrogens is 1. The third-order valence-corrected chi connectivity index (χ3v) is 4.96. The van der Waals surface area contributed by atoms with E-state index < -0.39 is 6.10 Å². The number of likely N-dealkylation sites (N-methyl/N-ethyl adjacent to an activating group) is 1. The van der Waals surface area contributed by atoms with Crippen molar-refractivity contribution in [3.8, 4) is 0 Å². The molecule has 0 saturated carbocycles. The molecule has 4 rings (SSSR count). The zero-order valence-electron chi connectivity index (χ0n) is 13.6. The second-order valence-electron chi connectivity index (χ2n) is 6.41. The molecule has 0 saturated heterocycles. The minimum Gasteiger partial charge on any atom is -0.382 e. The van der Waals surface area contributed by atoms with E-state index in [4.69, 9.17) is 0 Å². The van der Waals surface area contributed by atoms with Crippen molar-refractivity contribution in [2.24, 2.45) is 0 Å². The molecule has 0 radical (unpaired) electrons. The molecule has 0 spiro atoms. The molecule has 2 aromatic carbocycles. The van der Waals surface area contributed by atoms with Crippen LogP contribution in [-0.4, -0.2) is 40.6 Å². The lowest BCUT2D eigenvalue weighted by molar-refractivity contribution is -0.139. The van der Waals surface area contributed by atoms with Gasteiger partial charge in [0, 0.05) is 30.2 Å². The molecule has 1 amide bonds. The van der Waals surface area contributed by atoms with Crippen LogP contribution in [0.5, 0.6) is 0 Å². The average Bonchev–Trinajstić information content (AvgIpc) is 2.97. The first-order valence-corrected chi connectivity index (χ1v) is 8.24. The highest BCUT2D eigenvalue weighted by Gasteiger charge is 2.35. The number of aromatic amines is 1. The SMILES string of the molecule is CN1CCc2c([nH]c3ccccc23)[C@@H](c2ccccc2)[C@H](O)C1=O. The van der Waals surface area contributed by atoms with E-state index in [0.29, 0.717) is 6.54 Å². The van der Waals surface area contributed by atoms with Crippen LogP contribution in [0.1, 0.15) is 22.7 Å². The van der Waals surface area contributed by atoms with E-state index in [1.807, 2.05) is 48.5 Å². The average molecular weight is 320 g/mol. The van der Waals surface area contributed by atoms with Crippen LogP contribution in [-0.2, 0) is 11.2 Å². The Bertz CT molecular complexity index is 885. The standard InChI is InChI=1S/C20H20N2O2/c1-22-12-11-15-14-9-5-6-10-16(14)21-18(15)17(19(23)20(22)24)13-7-3-2-4-8-13/h2-10,17,19,21,23H,11-12H2,1H3/t17-,19+/m1/s1. The van der Waals surface area contributed by atoms with Crippen molar-refractivity contribution in [2.45, 2.75) is 18.4 Å². The van der Waals surface area contributed by atoms with Crippen LogP contribution in [0, 0.1) is 0 Å². The Morgan fingerprint density at radius 1 is 1.08 bits per heavy atom. The van der Waals surface area contributed by atoms with Crippen LogP contribution in [0.25, 0.3) is 10.9 Å². The summed E-state index contributed by atoms with van der Waals surface area (Å²) in [6.45, 7) is 0.603. The van der Waals surface area contributed by atoms with Crippen LogP contribution in [0.4, 0.5) is 0 Å². The Morgan fingerprint density at radius 2 is 1.79 bits per heavy atom. The quantitative estimate of drug-likeness (QED) is 0.724. The van der Waals surface area contributed by atoms with Gasteiger partial charge in [0.25, 0.3) is 5.91 Å². The molecule has 24 heavy (non-hydrogen) atoms. The Balaban J connectivity index is 1.97. The van der Waals surface area contributed by atoms with Crippen molar-refractivity contribution in [1.82, 2.24) is 9.88 Å². The summed E-state index contributed by atoms with van der Waals surface area (Å²) in [6.07, 6.45) is -0.318. The summed E-state index contributed by atoms with van der Waals surface area (Å²) in [6, 6.07) is 17.9. The molecule has 0 unspecified atom stereocenters. The summed E-state index contributed by atoms with van der Waals surface area (Å²) in [7, 11) is 1.76. The van der Waals surface area contributed by atoms with Gasteiger partial charge in [0.1, 0.15) is 6.10 Å². The third kappa shape index (κ3) is 2.31. The topological polar surface area (TPSA) is 56.3 Å². The largest absolute Gasteiger partial charge is 0.382 e. The number of carbonyl (C=O) groups is 1. The van der Waals surface area contributed by atoms with Crippen molar-refractivity contribution < 1.29 is 9.90 Å². The molecule has 2 N–H and O–H groups in total. The normalized spacial score (nSPS) is 21.4. The fraction of sp³-hybridized carbons (Fsp3) is 0.250. The molecular weight excluding hydrogens is 300 g/mol. The highest BCUT2D eigenvalue weighted by molar-refractivity contribution is 5.88. The van der Waals surface area contributed by atoms with Gasteiger partial charge >= 0.3 is 0 Å². The Hall–Kier alpha value is -2.59. The first-order chi connectivity index (χ1) is 11.7. The van der Waals surface area contributed by atoms with Gasteiger partial charge in [0.15, 0.2) is 0 Å². The van der Waals surface area contributed by atoms with Crippen LogP contribution in [0.2, 0.25) is 0 Å². The maximum Gasteiger partial charge on any atom is 0.252 e. The Labute approximate surface area is 140 Å². The molecule has 122 valence electrons. The Kier molecular flexibility index (Phi) is 3.62. The predicted octanol–water partition coefficient (Wildman–Crippen LogP) is 2.68. The van der Waals surface area contributed by atoms with Crippen molar-refractivity contribution in [1.29, 1.82) is 0 Å². The van der Waals surface area contributed by atoms with E-state index in [2.05, 4.69) is 11.1 Å². The van der Waals surface area contributed by atoms with Crippen molar-refractivity contribution in [3.05, 3.63) is 71.4 Å². The van der Waals surface area contributed by atoms with Crippen LogP contribution in [0.3, 0.4) is 0 Å². The first kappa shape index (κ1) is 15.0. The van der Waals surface area contributed by atoms with Crippen LogP contribution < -0.4 is 0 Å². The van der Waals surface area contributed by atoms with Gasteiger partial charge in [-0.3, -0.25) is 4.79 Å². The molecule has 1 aliphatic rings. The zero-order valence-corrected chi connectivity index (χ0v) is 13.6. The number of fused-ring (bicyclic) bond motifs is 3. The second kappa shape index (κ2) is 5.80. The molecule has 2 atom stereocenters. The minimum atomic E-state index is -1.09. The maximum absolute atomic E-state index is 12.6. The van der Waals surface area contributed by atoms with Crippen molar-refractivity contribution in [3.63, 3.8) is 0 Å². The fourth-order valence-corrected chi connectivity index (χ4v) is 3.68. The number of nitrogens with one attached hydrogen (secondary N) is 1. The van der Waals surface area contributed by atoms with Crippen LogP contribution in [0.15, 0.2) is 54.6 Å². The molecule has 0 fully saturated rings. The molecule has 0 bridgehead atoms. The van der Waals surface area contributed by atoms with Gasteiger partial charge in [-0.1, -0.05) is 48.5 Å². The number of benzene rings is 2. The van der Waals surface area contributed by atoms with Gasteiger partial charge in [-0.2, -0.15) is 0 Å². The van der Waals surface area contributed by atoms with Crippen molar-refractivity contribution >= 4 is 16.8 Å². The van der Waals surface area contributed by atoms with E-state index >= 15 is 0 Å². The van der Waals surface area contributed by atoms with Gasteiger partial charge in [-0.15, -0.1) is 0 Å². The summed E-state index contributed by atoms with van der Waals surface area (Å²) >= 11 is 0. The lowest BCUT2D eigenvalue weighted by atomic mass is 9.85. The highest BCUT2D eigenvalue weighted by atomic mass is 16.3. The zero-order chi connectivity index (χ0) is 16.7.